The van der Waals surface area contributed by atoms with E-state index in [1.165, 1.54) is 31.6 Å². The van der Waals surface area contributed by atoms with Crippen LogP contribution in [0.1, 0.15) is 11.1 Å². The molecule has 0 unspecified atom stereocenters. The summed E-state index contributed by atoms with van der Waals surface area (Å²) in [5, 5.41) is 13.8. The molecule has 1 amide bonds. The fourth-order valence-electron chi connectivity index (χ4n) is 2.04. The molecule has 140 valence electrons. The van der Waals surface area contributed by atoms with Crippen molar-refractivity contribution in [3.63, 3.8) is 0 Å². The highest BCUT2D eigenvalue weighted by Gasteiger charge is 2.11. The standard InChI is InChI=1S/C18H15ClN2O5S/c1-24-14-8-11(7-13(19)17(14)25-2)3-4-16(23)26-10-15(22)21-18-12(9-20)5-6-27-18/h3-8H,10H2,1-2H3,(H,21,22). The average molecular weight is 407 g/mol. The number of methoxy groups -OCH3 is 2. The molecule has 0 aliphatic rings. The Kier molecular flexibility index (Phi) is 7.23. The highest BCUT2D eigenvalue weighted by molar-refractivity contribution is 7.14. The number of hydrogen-bond acceptors (Lipinski definition) is 7. The molecule has 27 heavy (non-hydrogen) atoms. The van der Waals surface area contributed by atoms with Crippen LogP contribution in [0.15, 0.2) is 29.7 Å². The summed E-state index contributed by atoms with van der Waals surface area (Å²) < 4.78 is 15.2. The fourth-order valence-corrected chi connectivity index (χ4v) is 3.09. The van der Waals surface area contributed by atoms with Gasteiger partial charge in [0.1, 0.15) is 11.1 Å². The molecular weight excluding hydrogens is 392 g/mol. The Hall–Kier alpha value is -3.02. The van der Waals surface area contributed by atoms with Gasteiger partial charge in [0.25, 0.3) is 5.91 Å². The number of nitriles is 1. The van der Waals surface area contributed by atoms with Gasteiger partial charge in [-0.15, -0.1) is 11.3 Å². The summed E-state index contributed by atoms with van der Waals surface area (Å²) in [6, 6.07) is 6.78. The van der Waals surface area contributed by atoms with E-state index in [4.69, 9.17) is 31.1 Å². The molecule has 9 heteroatoms. The van der Waals surface area contributed by atoms with Crippen LogP contribution in [0.5, 0.6) is 11.5 Å². The Bertz CT molecular complexity index is 917. The molecular formula is C18H15ClN2O5S. The summed E-state index contributed by atoms with van der Waals surface area (Å²) in [4.78, 5) is 23.6. The maximum atomic E-state index is 11.8. The van der Waals surface area contributed by atoms with E-state index >= 15 is 0 Å². The van der Waals surface area contributed by atoms with Crippen molar-refractivity contribution < 1.29 is 23.8 Å². The van der Waals surface area contributed by atoms with Gasteiger partial charge < -0.3 is 19.5 Å². The van der Waals surface area contributed by atoms with E-state index in [9.17, 15) is 9.59 Å². The van der Waals surface area contributed by atoms with Gasteiger partial charge in [0, 0.05) is 6.08 Å². The maximum absolute atomic E-state index is 11.8. The van der Waals surface area contributed by atoms with Crippen molar-refractivity contribution in [2.24, 2.45) is 0 Å². The number of carbonyl (C=O) groups excluding carboxylic acids is 2. The van der Waals surface area contributed by atoms with Crippen LogP contribution in [0.25, 0.3) is 6.08 Å². The number of amides is 1. The third kappa shape index (κ3) is 5.48. The lowest BCUT2D eigenvalue weighted by Gasteiger charge is -2.10. The van der Waals surface area contributed by atoms with E-state index < -0.39 is 18.5 Å². The predicted molar refractivity (Wildman–Crippen MR) is 102 cm³/mol. The Morgan fingerprint density at radius 2 is 2.11 bits per heavy atom. The zero-order valence-corrected chi connectivity index (χ0v) is 16.0. The molecule has 0 aliphatic carbocycles. The number of nitrogens with zero attached hydrogens (tertiary/aromatic N) is 1. The van der Waals surface area contributed by atoms with E-state index in [0.29, 0.717) is 32.6 Å². The minimum absolute atomic E-state index is 0.327. The van der Waals surface area contributed by atoms with Gasteiger partial charge in [0.2, 0.25) is 0 Å². The van der Waals surface area contributed by atoms with Crippen molar-refractivity contribution >= 4 is 45.9 Å². The highest BCUT2D eigenvalue weighted by atomic mass is 35.5. The first-order chi connectivity index (χ1) is 13.0. The molecule has 1 aromatic heterocycles. The van der Waals surface area contributed by atoms with E-state index in [1.807, 2.05) is 6.07 Å². The number of nitrogens with one attached hydrogen (secondary N) is 1. The first-order valence-corrected chi connectivity index (χ1v) is 8.78. The van der Waals surface area contributed by atoms with Crippen molar-refractivity contribution in [1.29, 1.82) is 5.26 Å². The lowest BCUT2D eigenvalue weighted by molar-refractivity contribution is -0.142. The second kappa shape index (κ2) is 9.62. The molecule has 2 rings (SSSR count). The summed E-state index contributed by atoms with van der Waals surface area (Å²) in [6.45, 7) is -0.474. The van der Waals surface area contributed by atoms with Gasteiger partial charge in [0.15, 0.2) is 18.1 Å². The number of rotatable bonds is 7. The zero-order valence-electron chi connectivity index (χ0n) is 14.4. The predicted octanol–water partition coefficient (Wildman–Crippen LogP) is 3.49. The van der Waals surface area contributed by atoms with Crippen molar-refractivity contribution in [1.82, 2.24) is 0 Å². The molecule has 0 aliphatic heterocycles. The zero-order chi connectivity index (χ0) is 19.8. The van der Waals surface area contributed by atoms with Crippen molar-refractivity contribution in [2.75, 3.05) is 26.1 Å². The monoisotopic (exact) mass is 406 g/mol. The van der Waals surface area contributed by atoms with Crippen LogP contribution in [0.4, 0.5) is 5.00 Å². The van der Waals surface area contributed by atoms with Crippen LogP contribution in [-0.2, 0) is 14.3 Å². The summed E-state index contributed by atoms with van der Waals surface area (Å²) in [5.74, 6) is -0.435. The summed E-state index contributed by atoms with van der Waals surface area (Å²) >= 11 is 7.30. The first kappa shape index (κ1) is 20.3. The quantitative estimate of drug-likeness (QED) is 0.558. The van der Waals surface area contributed by atoms with Crippen molar-refractivity contribution in [3.05, 3.63) is 45.8 Å². The van der Waals surface area contributed by atoms with Gasteiger partial charge in [-0.1, -0.05) is 11.6 Å². The molecule has 1 N–H and O–H groups in total. The van der Waals surface area contributed by atoms with E-state index in [-0.39, 0.29) is 0 Å². The molecule has 0 radical (unpaired) electrons. The third-order valence-electron chi connectivity index (χ3n) is 3.25. The third-order valence-corrected chi connectivity index (χ3v) is 4.36. The lowest BCUT2D eigenvalue weighted by Crippen LogP contribution is -2.19. The second-order valence-corrected chi connectivity index (χ2v) is 6.33. The van der Waals surface area contributed by atoms with Crippen LogP contribution >= 0.6 is 22.9 Å². The molecule has 0 saturated carbocycles. The number of thiophene rings is 1. The highest BCUT2D eigenvalue weighted by Crippen LogP contribution is 2.36. The Labute approximate surface area is 164 Å². The fraction of sp³-hybridized carbons (Fsp3) is 0.167. The molecule has 0 atom stereocenters. The van der Waals surface area contributed by atoms with Crippen LogP contribution < -0.4 is 14.8 Å². The smallest absolute Gasteiger partial charge is 0.331 e. The van der Waals surface area contributed by atoms with E-state index in [2.05, 4.69) is 5.32 Å². The number of anilines is 1. The number of esters is 1. The minimum Gasteiger partial charge on any atom is -0.493 e. The normalized spacial score (nSPS) is 10.3. The average Bonchev–Trinajstić information content (AvgIpc) is 3.11. The topological polar surface area (TPSA) is 97.6 Å². The lowest BCUT2D eigenvalue weighted by atomic mass is 10.2. The molecule has 2 aromatic rings. The number of ether oxygens (including phenoxy) is 3. The Morgan fingerprint density at radius 3 is 2.78 bits per heavy atom. The van der Waals surface area contributed by atoms with Crippen LogP contribution in [0.3, 0.4) is 0 Å². The van der Waals surface area contributed by atoms with Gasteiger partial charge in [-0.25, -0.2) is 4.79 Å². The summed E-state index contributed by atoms with van der Waals surface area (Å²) in [7, 11) is 2.94. The Balaban J connectivity index is 1.93. The molecule has 0 fully saturated rings. The minimum atomic E-state index is -0.706. The SMILES string of the molecule is COc1cc(C=CC(=O)OCC(=O)Nc2sccc2C#N)cc(Cl)c1OC. The summed E-state index contributed by atoms with van der Waals surface area (Å²) in [5.41, 5.74) is 0.946. The number of benzene rings is 1. The second-order valence-electron chi connectivity index (χ2n) is 5.00. The Morgan fingerprint density at radius 1 is 1.33 bits per heavy atom. The molecule has 0 spiro atoms. The first-order valence-electron chi connectivity index (χ1n) is 7.52. The molecule has 0 bridgehead atoms. The summed E-state index contributed by atoms with van der Waals surface area (Å²) in [6.07, 6.45) is 2.64. The van der Waals surface area contributed by atoms with Crippen LogP contribution in [0, 0.1) is 11.3 Å². The number of carbonyl (C=O) groups is 2. The van der Waals surface area contributed by atoms with Gasteiger partial charge in [-0.05, 0) is 35.2 Å². The van der Waals surface area contributed by atoms with E-state index in [1.54, 1.807) is 23.6 Å². The molecule has 1 aromatic carbocycles. The molecule has 1 heterocycles. The molecule has 7 nitrogen and oxygen atoms in total. The molecule has 0 saturated heterocycles. The van der Waals surface area contributed by atoms with Crippen molar-refractivity contribution in [3.8, 4) is 17.6 Å². The number of halogens is 1. The van der Waals surface area contributed by atoms with Gasteiger partial charge in [-0.2, -0.15) is 5.26 Å². The largest absolute Gasteiger partial charge is 0.493 e. The van der Waals surface area contributed by atoms with Gasteiger partial charge in [-0.3, -0.25) is 4.79 Å². The van der Waals surface area contributed by atoms with Crippen molar-refractivity contribution in [2.45, 2.75) is 0 Å². The number of hydrogen-bond donors (Lipinski definition) is 1. The van der Waals surface area contributed by atoms with Gasteiger partial charge in [0.05, 0.1) is 24.8 Å². The maximum Gasteiger partial charge on any atom is 0.331 e. The van der Waals surface area contributed by atoms with E-state index in [0.717, 1.165) is 6.08 Å². The van der Waals surface area contributed by atoms with Crippen LogP contribution in [0.2, 0.25) is 5.02 Å². The van der Waals surface area contributed by atoms with Crippen LogP contribution in [-0.4, -0.2) is 32.7 Å². The van der Waals surface area contributed by atoms with Gasteiger partial charge >= 0.3 is 5.97 Å².